The zero-order chi connectivity index (χ0) is 51.0. The first kappa shape index (κ1) is 67.4. The van der Waals surface area contributed by atoms with Crippen LogP contribution in [-0.2, 0) is 34.1 Å². The summed E-state index contributed by atoms with van der Waals surface area (Å²) in [6, 6.07) is 32.0. The predicted octanol–water partition coefficient (Wildman–Crippen LogP) is -10.8. The van der Waals surface area contributed by atoms with Gasteiger partial charge in [-0.3, -0.25) is 0 Å². The van der Waals surface area contributed by atoms with Crippen LogP contribution in [0.3, 0.4) is 0 Å². The van der Waals surface area contributed by atoms with Crippen molar-refractivity contribution in [3.63, 3.8) is 0 Å². The van der Waals surface area contributed by atoms with Gasteiger partial charge in [-0.2, -0.15) is 40.8 Å². The fourth-order valence-corrected chi connectivity index (χ4v) is 6.87. The van der Waals surface area contributed by atoms with Crippen LogP contribution in [0.1, 0.15) is 46.9 Å². The molecule has 0 bridgehead atoms. The maximum Gasteiger partial charge on any atom is 2.00 e. The first-order valence-electron chi connectivity index (χ1n) is 19.8. The van der Waals surface area contributed by atoms with E-state index in [0.29, 0.717) is 0 Å². The average Bonchev–Trinajstić information content (AvgIpc) is 4.15. The minimum atomic E-state index is -4.94. The van der Waals surface area contributed by atoms with Gasteiger partial charge < -0.3 is 16.4 Å². The molecule has 0 saturated carbocycles. The predicted molar refractivity (Wildman–Crippen MR) is 214 cm³/mol. The largest absolute Gasteiger partial charge is 2.00 e. The molecule has 10 aromatic rings. The van der Waals surface area contributed by atoms with Crippen molar-refractivity contribution in [3.05, 3.63) is 218 Å². The third kappa shape index (κ3) is 21.6. The van der Waals surface area contributed by atoms with Gasteiger partial charge in [-0.05, 0) is 82.9 Å². The van der Waals surface area contributed by atoms with Gasteiger partial charge in [-0.1, -0.05) is 36.4 Å². The van der Waals surface area contributed by atoms with E-state index in [9.17, 15) is 0 Å². The molecular weight excluding hydrogens is 1180 g/mol. The van der Waals surface area contributed by atoms with E-state index in [0.717, 1.165) is 22.3 Å². The summed E-state index contributed by atoms with van der Waals surface area (Å²) in [4.78, 5) is 0. The Morgan fingerprint density at radius 2 is 0.408 bits per heavy atom. The molecule has 31 nitrogen and oxygen atoms in total. The van der Waals surface area contributed by atoms with Crippen LogP contribution in [0.2, 0.25) is 0 Å². The number of hydrogen-bond donors (Lipinski definition) is 0. The Kier molecular flexibility index (Phi) is 27.9. The maximum absolute atomic E-state index is 8.49. The fourth-order valence-electron chi connectivity index (χ4n) is 6.87. The first-order valence-corrected chi connectivity index (χ1v) is 23.5. The molecule has 0 spiro atoms. The maximum atomic E-state index is 8.49. The van der Waals surface area contributed by atoms with Crippen molar-refractivity contribution in [1.82, 2.24) is 78.2 Å². The molecule has 8 heterocycles. The Morgan fingerprint density at radius 1 is 0.276 bits per heavy atom. The second kappa shape index (κ2) is 31.5. The van der Waals surface area contributed by atoms with E-state index in [1.54, 1.807) is 49.6 Å². The monoisotopic (exact) mass is 1220 g/mol. The average molecular weight is 1220 g/mol. The van der Waals surface area contributed by atoms with Crippen molar-refractivity contribution in [1.29, 1.82) is 0 Å². The van der Waals surface area contributed by atoms with Gasteiger partial charge in [0, 0.05) is 99.1 Å². The van der Waals surface area contributed by atoms with E-state index in [-0.39, 0.29) is 75.2 Å². The van der Waals surface area contributed by atoms with Crippen molar-refractivity contribution in [2.24, 2.45) is 0 Å². The fraction of sp³-hybridized carbons (Fsp3) is 0.100. The van der Waals surface area contributed by atoms with E-state index >= 15 is 0 Å². The molecule has 36 heteroatoms. The molecule has 0 unspecified atom stereocenters. The first-order chi connectivity index (χ1) is 33.8. The number of hydrogen-bond acceptors (Lipinski definition) is 21. The van der Waals surface area contributed by atoms with Crippen LogP contribution in [0.25, 0.3) is 0 Å². The number of rotatable bonds is 12. The van der Waals surface area contributed by atoms with Gasteiger partial charge in [-0.25, -0.2) is 93.4 Å². The van der Waals surface area contributed by atoms with Crippen LogP contribution in [0, 0.1) is 30.7 Å². The summed E-state index contributed by atoms with van der Waals surface area (Å²) in [5.74, 6) is 0. The summed E-state index contributed by atoms with van der Waals surface area (Å²) in [7, 11) is -14.8. The van der Waals surface area contributed by atoms with Crippen molar-refractivity contribution < 1.29 is 137 Å². The van der Waals surface area contributed by atoms with E-state index < -0.39 is 30.7 Å². The van der Waals surface area contributed by atoms with Crippen LogP contribution in [0.15, 0.2) is 196 Å². The normalized spacial score (nSPS) is 10.8. The van der Waals surface area contributed by atoms with Gasteiger partial charge in [0.25, 0.3) is 0 Å². The second-order valence-electron chi connectivity index (χ2n) is 13.9. The molecule has 2 aromatic carbocycles. The SMILES string of the molecule is O.O.[Cu+2].[Cu+2].[O-][Cl+3]([O-])([O-])[O-].[O-][Cl+3]([O-])([O-])[O-].[O-][Cl+3]([O-])([O-])[O-].[OH-].c1cc(C(n2cccn2)n2cccn2)cc(C(n2cccn2)n2cccn2)c1.c1cc(C(n2cccn2)n2cccn2)cc(C(n2cccn2)n2cccn2)c1. The van der Waals surface area contributed by atoms with Crippen LogP contribution in [0.4, 0.5) is 0 Å². The van der Waals surface area contributed by atoms with Gasteiger partial charge in [0.2, 0.25) is 0 Å². The van der Waals surface area contributed by atoms with Gasteiger partial charge in [0.05, 0.1) is 0 Å². The van der Waals surface area contributed by atoms with Gasteiger partial charge >= 0.3 is 34.1 Å². The van der Waals surface area contributed by atoms with Gasteiger partial charge in [-0.15, -0.1) is 30.7 Å². The zero-order valence-electron chi connectivity index (χ0n) is 38.0. The van der Waals surface area contributed by atoms with E-state index in [4.69, 9.17) is 55.9 Å². The Bertz CT molecular complexity index is 2430. The Labute approximate surface area is 456 Å². The van der Waals surface area contributed by atoms with E-state index in [2.05, 4.69) is 77.2 Å². The molecule has 0 aliphatic heterocycles. The van der Waals surface area contributed by atoms with Crippen molar-refractivity contribution in [3.8, 4) is 0 Å². The topological polar surface area (TPSA) is 512 Å². The Hall–Kier alpha value is -6.57. The number of halogens is 3. The standard InChI is InChI=1S/2C20H18N8.3ClHO4.2Cu.3H2O/c2*1-6-17(19(25-12-2-8-21-25)26-13-3-9-22-26)16-18(7-1)20(27-14-4-10-23-27)28-15-5-11-24-28;3*2-1(3,4)5;;;;;/h2*1-16,19-20H;3*(H,2,3,4,5);;;3*1H2/q;;;;;2*+2;;;/p-4. The molecule has 8 aromatic heterocycles. The quantitative estimate of drug-likeness (QED) is 0.103. The molecule has 0 fully saturated rings. The number of nitrogens with zero attached hydrogens (tertiary/aromatic N) is 16. The molecule has 0 atom stereocenters. The zero-order valence-corrected chi connectivity index (χ0v) is 42.2. The molecule has 414 valence electrons. The molecule has 5 N–H and O–H groups in total. The minimum Gasteiger partial charge on any atom is -0.870 e. The molecule has 0 aliphatic carbocycles. The summed E-state index contributed by atoms with van der Waals surface area (Å²) < 4.78 is 117. The molecule has 0 aliphatic rings. The second-order valence-corrected chi connectivity index (χ2v) is 16.1. The Balaban J connectivity index is 0.000000571. The van der Waals surface area contributed by atoms with Gasteiger partial charge in [0.1, 0.15) is 0 Å². The number of aromatic nitrogens is 16. The van der Waals surface area contributed by atoms with Crippen LogP contribution >= 0.6 is 0 Å². The smallest absolute Gasteiger partial charge is 0.870 e. The van der Waals surface area contributed by atoms with E-state index in [1.807, 2.05) is 148 Å². The molecule has 10 rings (SSSR count). The summed E-state index contributed by atoms with van der Waals surface area (Å²) in [5.41, 5.74) is 4.26. The summed E-state index contributed by atoms with van der Waals surface area (Å²) in [5, 5.41) is 35.6. The van der Waals surface area contributed by atoms with Crippen LogP contribution < -0.4 is 55.9 Å². The van der Waals surface area contributed by atoms with Crippen molar-refractivity contribution in [2.45, 2.75) is 24.7 Å². The molecular formula is C40H41Cl3Cu2N16O15. The summed E-state index contributed by atoms with van der Waals surface area (Å²) in [6.45, 7) is 0. The third-order valence-corrected chi connectivity index (χ3v) is 9.22. The van der Waals surface area contributed by atoms with Crippen molar-refractivity contribution >= 4 is 0 Å². The Morgan fingerprint density at radius 3 is 0.513 bits per heavy atom. The van der Waals surface area contributed by atoms with Crippen LogP contribution in [-0.4, -0.2) is 94.7 Å². The molecule has 0 amide bonds. The van der Waals surface area contributed by atoms with Crippen molar-refractivity contribution in [2.75, 3.05) is 0 Å². The molecule has 0 saturated heterocycles. The van der Waals surface area contributed by atoms with Gasteiger partial charge in [0.15, 0.2) is 24.7 Å². The molecule has 2 radical (unpaired) electrons. The third-order valence-electron chi connectivity index (χ3n) is 9.22. The summed E-state index contributed by atoms with van der Waals surface area (Å²) >= 11 is 0. The van der Waals surface area contributed by atoms with Crippen LogP contribution in [0.5, 0.6) is 0 Å². The van der Waals surface area contributed by atoms with E-state index in [1.165, 1.54) is 0 Å². The molecule has 76 heavy (non-hydrogen) atoms. The summed E-state index contributed by atoms with van der Waals surface area (Å²) in [6.07, 6.45) is 29.0. The number of benzene rings is 2. The minimum absolute atomic E-state index is 0.